The second-order valence-electron chi connectivity index (χ2n) is 7.32. The molecule has 2 aliphatic heterocycles. The SMILES string of the molecule is CC(C)(C)OC(=O)NC1C(=O)N2C(C(=O)O)=C(C=CSc3cccnc3)CS[C@@H]12. The van der Waals surface area contributed by atoms with Crippen molar-refractivity contribution in [3.05, 3.63) is 47.3 Å². The van der Waals surface area contributed by atoms with Crippen LogP contribution in [0.1, 0.15) is 20.8 Å². The van der Waals surface area contributed by atoms with Gasteiger partial charge in [0.05, 0.1) is 0 Å². The summed E-state index contributed by atoms with van der Waals surface area (Å²) in [6.45, 7) is 5.18. The number of hydrogen-bond acceptors (Lipinski definition) is 7. The highest BCUT2D eigenvalue weighted by Gasteiger charge is 2.54. The summed E-state index contributed by atoms with van der Waals surface area (Å²) < 4.78 is 5.19. The van der Waals surface area contributed by atoms with Crippen LogP contribution < -0.4 is 5.32 Å². The molecule has 2 atom stereocenters. The van der Waals surface area contributed by atoms with Crippen LogP contribution in [0.3, 0.4) is 0 Å². The fourth-order valence-corrected chi connectivity index (χ4v) is 4.80. The van der Waals surface area contributed by atoms with Crippen molar-refractivity contribution < 1.29 is 24.2 Å². The van der Waals surface area contributed by atoms with Crippen molar-refractivity contribution in [2.45, 2.75) is 42.7 Å². The Morgan fingerprint density at radius 3 is 2.83 bits per heavy atom. The number of aromatic nitrogens is 1. The van der Waals surface area contributed by atoms with Gasteiger partial charge in [-0.1, -0.05) is 11.8 Å². The number of nitrogens with zero attached hydrogens (tertiary/aromatic N) is 2. The number of allylic oxidation sites excluding steroid dienone is 1. The lowest BCUT2D eigenvalue weighted by Crippen LogP contribution is -2.70. The quantitative estimate of drug-likeness (QED) is 0.537. The van der Waals surface area contributed by atoms with E-state index in [-0.39, 0.29) is 5.70 Å². The molecule has 1 aromatic rings. The number of fused-ring (bicyclic) bond motifs is 1. The van der Waals surface area contributed by atoms with Crippen LogP contribution >= 0.6 is 23.5 Å². The molecular formula is C19H21N3O5S2. The Morgan fingerprint density at radius 2 is 2.21 bits per heavy atom. The highest BCUT2D eigenvalue weighted by Crippen LogP contribution is 2.41. The van der Waals surface area contributed by atoms with E-state index in [1.807, 2.05) is 12.1 Å². The Kier molecular flexibility index (Phi) is 6.23. The van der Waals surface area contributed by atoms with Crippen LogP contribution in [0.5, 0.6) is 0 Å². The average molecular weight is 436 g/mol. The fraction of sp³-hybridized carbons (Fsp3) is 0.368. The second kappa shape index (κ2) is 8.50. The molecule has 3 heterocycles. The van der Waals surface area contributed by atoms with Gasteiger partial charge in [-0.05, 0) is 50.0 Å². The molecule has 1 aromatic heterocycles. The van der Waals surface area contributed by atoms with Crippen LogP contribution in [0.4, 0.5) is 4.79 Å². The fourth-order valence-electron chi connectivity index (χ4n) is 2.82. The van der Waals surface area contributed by atoms with E-state index in [2.05, 4.69) is 10.3 Å². The lowest BCUT2D eigenvalue weighted by Gasteiger charge is -2.49. The van der Waals surface area contributed by atoms with Gasteiger partial charge < -0.3 is 15.2 Å². The summed E-state index contributed by atoms with van der Waals surface area (Å²) in [5.74, 6) is -1.23. The summed E-state index contributed by atoms with van der Waals surface area (Å²) in [5, 5.41) is 13.5. The van der Waals surface area contributed by atoms with Crippen LogP contribution in [0.25, 0.3) is 0 Å². The molecule has 2 amide bonds. The number of aliphatic carboxylic acids is 1. The first-order valence-corrected chi connectivity index (χ1v) is 10.7. The molecule has 1 unspecified atom stereocenters. The van der Waals surface area contributed by atoms with E-state index in [1.165, 1.54) is 28.4 Å². The molecule has 2 N–H and O–H groups in total. The van der Waals surface area contributed by atoms with Gasteiger partial charge >= 0.3 is 12.1 Å². The smallest absolute Gasteiger partial charge is 0.408 e. The van der Waals surface area contributed by atoms with Gasteiger partial charge in [0.25, 0.3) is 5.91 Å². The third-order valence-electron chi connectivity index (χ3n) is 3.98. The Bertz CT molecular complexity index is 880. The van der Waals surface area contributed by atoms with Gasteiger partial charge in [-0.15, -0.1) is 11.8 Å². The molecule has 10 heteroatoms. The maximum absolute atomic E-state index is 12.6. The summed E-state index contributed by atoms with van der Waals surface area (Å²) in [5.41, 5.74) is -0.199. The van der Waals surface area contributed by atoms with E-state index in [1.54, 1.807) is 44.6 Å². The van der Waals surface area contributed by atoms with E-state index in [9.17, 15) is 19.5 Å². The summed E-state index contributed by atoms with van der Waals surface area (Å²) >= 11 is 2.81. The summed E-state index contributed by atoms with van der Waals surface area (Å²) in [6, 6.07) is 2.90. The minimum absolute atomic E-state index is 0.0518. The molecule has 0 saturated carbocycles. The lowest BCUT2D eigenvalue weighted by molar-refractivity contribution is -0.149. The molecule has 0 aliphatic carbocycles. The number of carbonyl (C=O) groups is 3. The zero-order valence-electron chi connectivity index (χ0n) is 16.1. The number of hydrogen-bond donors (Lipinski definition) is 2. The van der Waals surface area contributed by atoms with Crippen LogP contribution in [0.2, 0.25) is 0 Å². The monoisotopic (exact) mass is 435 g/mol. The van der Waals surface area contributed by atoms with Crippen molar-refractivity contribution in [1.82, 2.24) is 15.2 Å². The molecule has 0 aromatic carbocycles. The normalized spacial score (nSPS) is 21.6. The summed E-state index contributed by atoms with van der Waals surface area (Å²) in [6.07, 6.45) is 4.38. The second-order valence-corrected chi connectivity index (χ2v) is 9.41. The topological polar surface area (TPSA) is 109 Å². The van der Waals surface area contributed by atoms with Gasteiger partial charge in [-0.25, -0.2) is 9.59 Å². The van der Waals surface area contributed by atoms with Crippen LogP contribution in [0.15, 0.2) is 52.2 Å². The number of carbonyl (C=O) groups excluding carboxylic acids is 2. The van der Waals surface area contributed by atoms with Crippen molar-refractivity contribution in [2.24, 2.45) is 0 Å². The summed E-state index contributed by atoms with van der Waals surface area (Å²) in [4.78, 5) is 42.5. The number of ether oxygens (including phenoxy) is 1. The first kappa shape index (κ1) is 21.3. The third-order valence-corrected chi connectivity index (χ3v) is 6.07. The van der Waals surface area contributed by atoms with Crippen LogP contribution in [0, 0.1) is 0 Å². The number of carboxylic acids is 1. The van der Waals surface area contributed by atoms with Crippen molar-refractivity contribution >= 4 is 41.5 Å². The van der Waals surface area contributed by atoms with Gasteiger partial charge in [-0.2, -0.15) is 0 Å². The lowest BCUT2D eigenvalue weighted by atomic mass is 10.0. The van der Waals surface area contributed by atoms with Crippen molar-refractivity contribution in [2.75, 3.05) is 5.75 Å². The first-order valence-electron chi connectivity index (χ1n) is 8.81. The van der Waals surface area contributed by atoms with E-state index < -0.39 is 35.0 Å². The van der Waals surface area contributed by atoms with Gasteiger partial charge in [0.1, 0.15) is 22.7 Å². The number of rotatable bonds is 5. The number of alkyl carbamates (subject to hydrolysis) is 1. The van der Waals surface area contributed by atoms with Crippen molar-refractivity contribution in [3.8, 4) is 0 Å². The summed E-state index contributed by atoms with van der Waals surface area (Å²) in [7, 11) is 0. The van der Waals surface area contributed by atoms with Crippen LogP contribution in [-0.2, 0) is 14.3 Å². The highest BCUT2D eigenvalue weighted by atomic mass is 32.2. The third kappa shape index (κ3) is 4.94. The maximum atomic E-state index is 12.6. The molecule has 0 bridgehead atoms. The zero-order valence-corrected chi connectivity index (χ0v) is 17.8. The van der Waals surface area contributed by atoms with E-state index in [0.717, 1.165) is 4.90 Å². The van der Waals surface area contributed by atoms with Crippen LogP contribution in [-0.4, -0.2) is 55.7 Å². The minimum atomic E-state index is -1.18. The Labute approximate surface area is 176 Å². The predicted octanol–water partition coefficient (Wildman–Crippen LogP) is 2.83. The molecule has 8 nitrogen and oxygen atoms in total. The molecule has 29 heavy (non-hydrogen) atoms. The standard InChI is InChI=1S/C19H21N3O5S2/c1-19(2,3)27-18(26)21-13-15(23)22-14(17(24)25)11(10-29-16(13)22)6-8-28-12-5-4-7-20-9-12/h4-9,13,16H,10H2,1-3H3,(H,21,26)(H,24,25)/t13?,16-/m0/s1. The first-order chi connectivity index (χ1) is 13.7. The molecule has 1 fully saturated rings. The number of thioether (sulfide) groups is 2. The predicted molar refractivity (Wildman–Crippen MR) is 110 cm³/mol. The molecular weight excluding hydrogens is 414 g/mol. The van der Waals surface area contributed by atoms with Gasteiger partial charge in [-0.3, -0.25) is 14.7 Å². The van der Waals surface area contributed by atoms with E-state index in [4.69, 9.17) is 4.74 Å². The molecule has 2 aliphatic rings. The van der Waals surface area contributed by atoms with Gasteiger partial charge in [0.15, 0.2) is 0 Å². The number of nitrogens with one attached hydrogen (secondary N) is 1. The Hall–Kier alpha value is -2.46. The molecule has 154 valence electrons. The van der Waals surface area contributed by atoms with Gasteiger partial charge in [0.2, 0.25) is 0 Å². The van der Waals surface area contributed by atoms with Gasteiger partial charge in [0, 0.05) is 23.0 Å². The van der Waals surface area contributed by atoms with E-state index >= 15 is 0 Å². The number of amides is 2. The highest BCUT2D eigenvalue weighted by molar-refractivity contribution is 8.02. The Morgan fingerprint density at radius 1 is 1.45 bits per heavy atom. The number of pyridine rings is 1. The minimum Gasteiger partial charge on any atom is -0.477 e. The Balaban J connectivity index is 1.71. The van der Waals surface area contributed by atoms with Crippen molar-refractivity contribution in [1.29, 1.82) is 0 Å². The van der Waals surface area contributed by atoms with Crippen molar-refractivity contribution in [3.63, 3.8) is 0 Å². The maximum Gasteiger partial charge on any atom is 0.408 e. The number of carboxylic acid groups (broad SMARTS) is 1. The molecule has 0 spiro atoms. The zero-order chi connectivity index (χ0) is 21.2. The number of β-lactam (4-membered cyclic amide) rings is 1. The molecule has 1 saturated heterocycles. The molecule has 0 radical (unpaired) electrons. The average Bonchev–Trinajstić information content (AvgIpc) is 2.65. The molecule has 3 rings (SSSR count). The van der Waals surface area contributed by atoms with E-state index in [0.29, 0.717) is 11.3 Å². The largest absolute Gasteiger partial charge is 0.477 e.